The highest BCUT2D eigenvalue weighted by molar-refractivity contribution is 6.41. The molecule has 0 fully saturated rings. The largest absolute Gasteiger partial charge is 0.337 e. The van der Waals surface area contributed by atoms with Crippen LogP contribution in [0, 0.1) is 0 Å². The fourth-order valence-corrected chi connectivity index (χ4v) is 2.61. The van der Waals surface area contributed by atoms with Crippen LogP contribution in [-0.4, -0.2) is 6.03 Å². The Morgan fingerprint density at radius 3 is 2.19 bits per heavy atom. The highest BCUT2D eigenvalue weighted by Gasteiger charge is 2.09. The fourth-order valence-electron chi connectivity index (χ4n) is 1.51. The molecule has 0 aliphatic carbocycles. The Morgan fingerprint density at radius 2 is 1.57 bits per heavy atom. The summed E-state index contributed by atoms with van der Waals surface area (Å²) < 4.78 is 0. The molecule has 0 heterocycles. The molecule has 110 valence electrons. The van der Waals surface area contributed by atoms with Gasteiger partial charge in [-0.05, 0) is 30.3 Å². The first-order valence-corrected chi connectivity index (χ1v) is 7.20. The van der Waals surface area contributed by atoms with Gasteiger partial charge in [-0.1, -0.05) is 52.5 Å². The van der Waals surface area contributed by atoms with Crippen molar-refractivity contribution in [1.82, 2.24) is 5.43 Å². The number of carbonyl (C=O) groups is 1. The Kier molecular flexibility index (Phi) is 5.42. The van der Waals surface area contributed by atoms with Gasteiger partial charge in [-0.15, -0.1) is 0 Å². The van der Waals surface area contributed by atoms with Crippen LogP contribution >= 0.6 is 46.4 Å². The molecular formula is C13H9Cl4N3O. The van der Waals surface area contributed by atoms with E-state index in [0.29, 0.717) is 21.4 Å². The van der Waals surface area contributed by atoms with Crippen LogP contribution in [0.3, 0.4) is 0 Å². The molecule has 2 aromatic carbocycles. The molecule has 0 saturated heterocycles. The fraction of sp³-hybridized carbons (Fsp3) is 0. The third kappa shape index (κ3) is 4.58. The lowest BCUT2D eigenvalue weighted by atomic mass is 10.3. The van der Waals surface area contributed by atoms with Crippen molar-refractivity contribution in [3.63, 3.8) is 0 Å². The normalized spacial score (nSPS) is 10.1. The van der Waals surface area contributed by atoms with Gasteiger partial charge in [-0.2, -0.15) is 0 Å². The average Bonchev–Trinajstić information content (AvgIpc) is 2.37. The number of hydrogen-bond donors (Lipinski definition) is 3. The molecule has 21 heavy (non-hydrogen) atoms. The second-order valence-corrected chi connectivity index (χ2v) is 5.65. The van der Waals surface area contributed by atoms with Crippen molar-refractivity contribution in [2.24, 2.45) is 0 Å². The van der Waals surface area contributed by atoms with Gasteiger partial charge >= 0.3 is 6.03 Å². The van der Waals surface area contributed by atoms with Crippen LogP contribution in [0.1, 0.15) is 0 Å². The first-order chi connectivity index (χ1) is 9.95. The number of urea groups is 1. The van der Waals surface area contributed by atoms with Crippen LogP contribution in [-0.2, 0) is 0 Å². The number of anilines is 2. The van der Waals surface area contributed by atoms with Crippen molar-refractivity contribution < 1.29 is 4.79 Å². The lowest BCUT2D eigenvalue weighted by molar-refractivity contribution is 0.254. The van der Waals surface area contributed by atoms with Gasteiger partial charge in [-0.25, -0.2) is 4.79 Å². The third-order valence-corrected chi connectivity index (χ3v) is 3.44. The number of hydrazine groups is 1. The van der Waals surface area contributed by atoms with Crippen LogP contribution in [0.5, 0.6) is 0 Å². The Hall–Kier alpha value is -1.33. The van der Waals surface area contributed by atoms with Gasteiger partial charge < -0.3 is 5.32 Å². The minimum absolute atomic E-state index is 0.288. The lowest BCUT2D eigenvalue weighted by Gasteiger charge is -2.13. The number of nitrogens with one attached hydrogen (secondary N) is 3. The van der Waals surface area contributed by atoms with E-state index in [1.165, 1.54) is 12.1 Å². The summed E-state index contributed by atoms with van der Waals surface area (Å²) in [6, 6.07) is 9.26. The van der Waals surface area contributed by atoms with Crippen LogP contribution in [0.4, 0.5) is 16.2 Å². The van der Waals surface area contributed by atoms with E-state index in [4.69, 9.17) is 46.4 Å². The topological polar surface area (TPSA) is 53.2 Å². The summed E-state index contributed by atoms with van der Waals surface area (Å²) in [6.45, 7) is 0. The van der Waals surface area contributed by atoms with Crippen molar-refractivity contribution in [2.45, 2.75) is 0 Å². The first kappa shape index (κ1) is 16.0. The molecule has 0 aliphatic rings. The van der Waals surface area contributed by atoms with E-state index in [1.54, 1.807) is 24.3 Å². The highest BCUT2D eigenvalue weighted by atomic mass is 35.5. The van der Waals surface area contributed by atoms with Crippen LogP contribution < -0.4 is 16.2 Å². The Balaban J connectivity index is 1.99. The van der Waals surface area contributed by atoms with Gasteiger partial charge in [0.15, 0.2) is 0 Å². The van der Waals surface area contributed by atoms with Gasteiger partial charge in [0.1, 0.15) is 0 Å². The number of amides is 2. The second kappa shape index (κ2) is 7.09. The number of hydrogen-bond acceptors (Lipinski definition) is 2. The molecule has 0 aliphatic heterocycles. The molecule has 2 aromatic rings. The zero-order valence-corrected chi connectivity index (χ0v) is 13.4. The maximum Gasteiger partial charge on any atom is 0.337 e. The predicted octanol–water partition coefficient (Wildman–Crippen LogP) is 5.45. The molecule has 2 rings (SSSR count). The zero-order chi connectivity index (χ0) is 15.4. The van der Waals surface area contributed by atoms with E-state index in [9.17, 15) is 4.79 Å². The van der Waals surface area contributed by atoms with E-state index in [0.717, 1.165) is 0 Å². The van der Waals surface area contributed by atoms with E-state index < -0.39 is 6.03 Å². The molecule has 4 nitrogen and oxygen atoms in total. The summed E-state index contributed by atoms with van der Waals surface area (Å²) in [5.74, 6) is 0. The molecule has 0 saturated carbocycles. The molecule has 0 unspecified atom stereocenters. The summed E-state index contributed by atoms with van der Waals surface area (Å²) in [6.07, 6.45) is 0. The van der Waals surface area contributed by atoms with Crippen molar-refractivity contribution in [3.05, 3.63) is 56.5 Å². The molecule has 0 bridgehead atoms. The van der Waals surface area contributed by atoms with Gasteiger partial charge in [0, 0.05) is 15.7 Å². The summed E-state index contributed by atoms with van der Waals surface area (Å²) in [5, 5.41) is 4.09. The zero-order valence-electron chi connectivity index (χ0n) is 10.4. The maximum absolute atomic E-state index is 11.7. The molecule has 3 N–H and O–H groups in total. The summed E-state index contributed by atoms with van der Waals surface area (Å²) >= 11 is 23.6. The Bertz CT molecular complexity index is 655. The predicted molar refractivity (Wildman–Crippen MR) is 88.7 cm³/mol. The number of rotatable bonds is 3. The lowest BCUT2D eigenvalue weighted by Crippen LogP contribution is -2.33. The molecule has 2 amide bonds. The van der Waals surface area contributed by atoms with Crippen molar-refractivity contribution in [2.75, 3.05) is 10.7 Å². The van der Waals surface area contributed by atoms with Crippen LogP contribution in [0.25, 0.3) is 0 Å². The monoisotopic (exact) mass is 363 g/mol. The third-order valence-electron chi connectivity index (χ3n) is 2.39. The molecule has 8 heteroatoms. The standard InChI is InChI=1S/C13H9Cl4N3O/c14-7-2-1-3-9(4-7)18-13(21)20-19-12-10(16)5-8(15)6-11(12)17/h1-6,19H,(H2,18,20,21). The van der Waals surface area contributed by atoms with Crippen LogP contribution in [0.15, 0.2) is 36.4 Å². The summed E-state index contributed by atoms with van der Waals surface area (Å²) in [4.78, 5) is 11.7. The minimum atomic E-state index is -0.501. The van der Waals surface area contributed by atoms with Gasteiger partial charge in [-0.3, -0.25) is 10.9 Å². The number of carbonyl (C=O) groups excluding carboxylic acids is 1. The molecule has 0 atom stereocenters. The van der Waals surface area contributed by atoms with E-state index in [-0.39, 0.29) is 10.0 Å². The number of benzene rings is 2. The van der Waals surface area contributed by atoms with E-state index >= 15 is 0 Å². The number of halogens is 4. The minimum Gasteiger partial charge on any atom is -0.307 e. The summed E-state index contributed by atoms with van der Waals surface area (Å²) in [7, 11) is 0. The van der Waals surface area contributed by atoms with Crippen LogP contribution in [0.2, 0.25) is 20.1 Å². The second-order valence-electron chi connectivity index (χ2n) is 3.96. The van der Waals surface area contributed by atoms with E-state index in [2.05, 4.69) is 16.2 Å². The Labute approximate surface area is 141 Å². The van der Waals surface area contributed by atoms with Gasteiger partial charge in [0.05, 0.1) is 15.7 Å². The smallest absolute Gasteiger partial charge is 0.307 e. The van der Waals surface area contributed by atoms with Gasteiger partial charge in [0.25, 0.3) is 0 Å². The van der Waals surface area contributed by atoms with E-state index in [1.807, 2.05) is 0 Å². The Morgan fingerprint density at radius 1 is 0.905 bits per heavy atom. The molecule has 0 radical (unpaired) electrons. The quantitative estimate of drug-likeness (QED) is 0.634. The van der Waals surface area contributed by atoms with Crippen molar-refractivity contribution >= 4 is 63.8 Å². The molecule has 0 spiro atoms. The molecular weight excluding hydrogens is 356 g/mol. The SMILES string of the molecule is O=C(NNc1c(Cl)cc(Cl)cc1Cl)Nc1cccc(Cl)c1. The van der Waals surface area contributed by atoms with Crippen molar-refractivity contribution in [3.8, 4) is 0 Å². The highest BCUT2D eigenvalue weighted by Crippen LogP contribution is 2.33. The first-order valence-electron chi connectivity index (χ1n) is 5.69. The maximum atomic E-state index is 11.7. The molecule has 0 aromatic heterocycles. The van der Waals surface area contributed by atoms with Crippen molar-refractivity contribution in [1.29, 1.82) is 0 Å². The van der Waals surface area contributed by atoms with Gasteiger partial charge in [0.2, 0.25) is 0 Å². The summed E-state index contributed by atoms with van der Waals surface area (Å²) in [5.41, 5.74) is 5.94. The average molecular weight is 365 g/mol.